The Morgan fingerprint density at radius 2 is 1.93 bits per heavy atom. The molecule has 4 heteroatoms. The zero-order chi connectivity index (χ0) is 21.0. The fourth-order valence-electron chi connectivity index (χ4n) is 3.53. The largest absolute Gasteiger partial charge is 0.489 e. The second-order valence-corrected chi connectivity index (χ2v) is 7.55. The Morgan fingerprint density at radius 1 is 1.17 bits per heavy atom. The molecule has 3 aromatic rings. The molecule has 29 heavy (non-hydrogen) atoms. The Labute approximate surface area is 172 Å². The van der Waals surface area contributed by atoms with Gasteiger partial charge in [0.25, 0.3) is 0 Å². The van der Waals surface area contributed by atoms with E-state index in [9.17, 15) is 4.79 Å². The third-order valence-electron chi connectivity index (χ3n) is 4.92. The Bertz CT molecular complexity index is 1030. The minimum Gasteiger partial charge on any atom is -0.489 e. The van der Waals surface area contributed by atoms with Gasteiger partial charge in [0.15, 0.2) is 0 Å². The lowest BCUT2D eigenvalue weighted by atomic mass is 10.0. The monoisotopic (exact) mass is 391 g/mol. The van der Waals surface area contributed by atoms with Gasteiger partial charge in [-0.05, 0) is 63.1 Å². The van der Waals surface area contributed by atoms with Crippen molar-refractivity contribution in [3.8, 4) is 5.75 Å². The molecule has 0 saturated carbocycles. The number of aromatic nitrogens is 1. The second kappa shape index (κ2) is 8.99. The summed E-state index contributed by atoms with van der Waals surface area (Å²) in [6.07, 6.45) is 2.33. The van der Waals surface area contributed by atoms with Crippen molar-refractivity contribution in [1.29, 1.82) is 0 Å². The van der Waals surface area contributed by atoms with Crippen LogP contribution in [0.2, 0.25) is 0 Å². The van der Waals surface area contributed by atoms with Crippen molar-refractivity contribution in [3.63, 3.8) is 0 Å². The molecular formula is C25H29NO3. The predicted octanol–water partition coefficient (Wildman–Crippen LogP) is 5.94. The van der Waals surface area contributed by atoms with Gasteiger partial charge in [-0.2, -0.15) is 0 Å². The van der Waals surface area contributed by atoms with Crippen molar-refractivity contribution in [2.45, 2.75) is 46.8 Å². The lowest BCUT2D eigenvalue weighted by molar-refractivity contribution is -0.142. The smallest absolute Gasteiger partial charge is 0.310 e. The number of benzene rings is 2. The molecular weight excluding hydrogens is 362 g/mol. The van der Waals surface area contributed by atoms with Crippen molar-refractivity contribution >= 4 is 22.4 Å². The first-order valence-electron chi connectivity index (χ1n) is 10.1. The van der Waals surface area contributed by atoms with E-state index in [0.29, 0.717) is 25.0 Å². The van der Waals surface area contributed by atoms with Gasteiger partial charge in [0.2, 0.25) is 0 Å². The van der Waals surface area contributed by atoms with E-state index in [2.05, 4.69) is 49.4 Å². The maximum Gasteiger partial charge on any atom is 0.310 e. The molecule has 0 N–H and O–H groups in total. The fourth-order valence-corrected chi connectivity index (χ4v) is 3.53. The SMILES string of the molecule is C=C(C)c1cc(COc2ccccc2CC(=O)OCC)cc2c1ccn2C(C)C. The number of esters is 1. The predicted molar refractivity (Wildman–Crippen MR) is 118 cm³/mol. The molecule has 0 bridgehead atoms. The highest BCUT2D eigenvalue weighted by Gasteiger charge is 2.13. The Kier molecular flexibility index (Phi) is 6.42. The quantitative estimate of drug-likeness (QED) is 0.446. The van der Waals surface area contributed by atoms with E-state index >= 15 is 0 Å². The lowest BCUT2D eigenvalue weighted by Gasteiger charge is -2.15. The zero-order valence-electron chi connectivity index (χ0n) is 17.7. The average molecular weight is 392 g/mol. The van der Waals surface area contributed by atoms with Crippen LogP contribution in [0.1, 0.15) is 50.4 Å². The first kappa shape index (κ1) is 20.7. The summed E-state index contributed by atoms with van der Waals surface area (Å²) >= 11 is 0. The Balaban J connectivity index is 1.89. The van der Waals surface area contributed by atoms with Gasteiger partial charge < -0.3 is 14.0 Å². The van der Waals surface area contributed by atoms with Crippen molar-refractivity contribution in [2.75, 3.05) is 6.61 Å². The fraction of sp³-hybridized carbons (Fsp3) is 0.320. The number of allylic oxidation sites excluding steroid dienone is 1. The summed E-state index contributed by atoms with van der Waals surface area (Å²) in [5.74, 6) is 0.459. The minimum atomic E-state index is -0.246. The number of fused-ring (bicyclic) bond motifs is 1. The van der Waals surface area contributed by atoms with E-state index < -0.39 is 0 Å². The number of hydrogen-bond acceptors (Lipinski definition) is 3. The van der Waals surface area contributed by atoms with Crippen LogP contribution in [0.3, 0.4) is 0 Å². The molecule has 1 heterocycles. The number of hydrogen-bond donors (Lipinski definition) is 0. The number of carbonyl (C=O) groups is 1. The number of nitrogens with zero attached hydrogens (tertiary/aromatic N) is 1. The average Bonchev–Trinajstić information content (AvgIpc) is 3.11. The topological polar surface area (TPSA) is 40.5 Å². The first-order chi connectivity index (χ1) is 13.9. The normalized spacial score (nSPS) is 11.1. The molecule has 0 fully saturated rings. The van der Waals surface area contributed by atoms with Crippen molar-refractivity contribution in [2.24, 2.45) is 0 Å². The molecule has 1 aromatic heterocycles. The highest BCUT2D eigenvalue weighted by atomic mass is 16.5. The maximum atomic E-state index is 11.9. The van der Waals surface area contributed by atoms with Crippen LogP contribution < -0.4 is 4.74 Å². The van der Waals surface area contributed by atoms with Crippen LogP contribution in [0.5, 0.6) is 5.75 Å². The summed E-state index contributed by atoms with van der Waals surface area (Å²) in [5, 5.41) is 1.21. The van der Waals surface area contributed by atoms with Gasteiger partial charge in [0, 0.05) is 28.7 Å². The summed E-state index contributed by atoms with van der Waals surface area (Å²) in [5.41, 5.74) is 5.25. The molecule has 0 aliphatic heterocycles. The van der Waals surface area contributed by atoms with Gasteiger partial charge >= 0.3 is 5.97 Å². The van der Waals surface area contributed by atoms with E-state index in [1.807, 2.05) is 38.1 Å². The van der Waals surface area contributed by atoms with Gasteiger partial charge in [-0.15, -0.1) is 0 Å². The molecule has 0 atom stereocenters. The first-order valence-corrected chi connectivity index (χ1v) is 10.1. The molecule has 0 saturated heterocycles. The van der Waals surface area contributed by atoms with Crippen LogP contribution in [-0.4, -0.2) is 17.1 Å². The van der Waals surface area contributed by atoms with Gasteiger partial charge in [-0.3, -0.25) is 4.79 Å². The molecule has 4 nitrogen and oxygen atoms in total. The second-order valence-electron chi connectivity index (χ2n) is 7.55. The van der Waals surface area contributed by atoms with E-state index in [4.69, 9.17) is 9.47 Å². The van der Waals surface area contributed by atoms with E-state index in [1.54, 1.807) is 0 Å². The molecule has 0 amide bonds. The lowest BCUT2D eigenvalue weighted by Crippen LogP contribution is -2.09. The van der Waals surface area contributed by atoms with E-state index in [-0.39, 0.29) is 12.4 Å². The highest BCUT2D eigenvalue weighted by Crippen LogP contribution is 2.30. The van der Waals surface area contributed by atoms with Crippen LogP contribution in [0.25, 0.3) is 16.5 Å². The molecule has 152 valence electrons. The molecule has 0 spiro atoms. The van der Waals surface area contributed by atoms with Gasteiger partial charge in [-0.1, -0.05) is 30.4 Å². The number of rotatable bonds is 8. The molecule has 0 aliphatic rings. The van der Waals surface area contributed by atoms with Gasteiger partial charge in [0.05, 0.1) is 13.0 Å². The summed E-state index contributed by atoms with van der Waals surface area (Å²) in [4.78, 5) is 11.9. The minimum absolute atomic E-state index is 0.205. The Morgan fingerprint density at radius 3 is 2.62 bits per heavy atom. The summed E-state index contributed by atoms with van der Waals surface area (Å²) in [6.45, 7) is 13.1. The number of carbonyl (C=O) groups excluding carboxylic acids is 1. The molecule has 3 rings (SSSR count). The summed E-state index contributed by atoms with van der Waals surface area (Å²) in [6, 6.07) is 14.4. The number of ether oxygens (including phenoxy) is 2. The molecule has 0 unspecified atom stereocenters. The van der Waals surface area contributed by atoms with Crippen LogP contribution in [0.4, 0.5) is 0 Å². The standard InChI is InChI=1S/C25H29NO3/c1-6-28-25(27)15-20-9-7-8-10-24(20)29-16-19-13-22(17(2)3)21-11-12-26(18(4)5)23(21)14-19/h7-14,18H,2,6,15-16H2,1,3-5H3. The third-order valence-corrected chi connectivity index (χ3v) is 4.92. The van der Waals surface area contributed by atoms with Crippen LogP contribution in [-0.2, 0) is 22.6 Å². The van der Waals surface area contributed by atoms with Gasteiger partial charge in [-0.25, -0.2) is 0 Å². The van der Waals surface area contributed by atoms with E-state index in [1.165, 1.54) is 10.9 Å². The van der Waals surface area contributed by atoms with Crippen LogP contribution in [0, 0.1) is 0 Å². The molecule has 2 aromatic carbocycles. The maximum absolute atomic E-state index is 11.9. The van der Waals surface area contributed by atoms with Gasteiger partial charge in [0.1, 0.15) is 12.4 Å². The zero-order valence-corrected chi connectivity index (χ0v) is 17.7. The van der Waals surface area contributed by atoms with Crippen molar-refractivity contribution < 1.29 is 14.3 Å². The van der Waals surface area contributed by atoms with Crippen molar-refractivity contribution in [1.82, 2.24) is 4.57 Å². The molecule has 0 radical (unpaired) electrons. The highest BCUT2D eigenvalue weighted by molar-refractivity contribution is 5.92. The third kappa shape index (κ3) is 4.70. The van der Waals surface area contributed by atoms with Crippen LogP contribution >= 0.6 is 0 Å². The van der Waals surface area contributed by atoms with E-state index in [0.717, 1.165) is 22.3 Å². The molecule has 0 aliphatic carbocycles. The van der Waals surface area contributed by atoms with Crippen molar-refractivity contribution in [3.05, 3.63) is 71.9 Å². The summed E-state index contributed by atoms with van der Waals surface area (Å²) in [7, 11) is 0. The number of para-hydroxylation sites is 1. The van der Waals surface area contributed by atoms with Crippen LogP contribution in [0.15, 0.2) is 55.2 Å². The Hall–Kier alpha value is -3.01. The summed E-state index contributed by atoms with van der Waals surface area (Å²) < 4.78 is 13.5.